The van der Waals surface area contributed by atoms with E-state index in [1.54, 1.807) is 25.2 Å². The van der Waals surface area contributed by atoms with E-state index >= 15 is 0 Å². The van der Waals surface area contributed by atoms with E-state index in [0.717, 1.165) is 44.8 Å². The van der Waals surface area contributed by atoms with Crippen LogP contribution in [0.1, 0.15) is 22.3 Å². The number of nitrogens with zero attached hydrogens (tertiary/aromatic N) is 3. The van der Waals surface area contributed by atoms with E-state index in [0.29, 0.717) is 16.6 Å². The molecule has 3 rings (SSSR count). The van der Waals surface area contributed by atoms with E-state index in [2.05, 4.69) is 4.90 Å². The van der Waals surface area contributed by atoms with Crippen LogP contribution in [0.2, 0.25) is 10.0 Å². The number of ether oxygens (including phenoxy) is 1. The molecule has 1 aromatic carbocycles. The maximum Gasteiger partial charge on any atom is 0.259 e. The molecule has 2 N–H and O–H groups in total. The Balaban J connectivity index is 1.62. The molecule has 2 heterocycles. The minimum atomic E-state index is -0.401. The minimum absolute atomic E-state index is 0.0661. The highest BCUT2D eigenvalue weighted by molar-refractivity contribution is 6.42. The van der Waals surface area contributed by atoms with Crippen LogP contribution in [0.25, 0.3) is 0 Å². The lowest BCUT2D eigenvalue weighted by Crippen LogP contribution is -2.37. The number of benzene rings is 1. The average Bonchev–Trinajstić information content (AvgIpc) is 2.99. The Morgan fingerprint density at radius 2 is 1.90 bits per heavy atom. The van der Waals surface area contributed by atoms with Gasteiger partial charge < -0.3 is 24.4 Å². The van der Waals surface area contributed by atoms with Crippen molar-refractivity contribution in [3.05, 3.63) is 45.6 Å². The van der Waals surface area contributed by atoms with Gasteiger partial charge in [0.2, 0.25) is 5.88 Å². The van der Waals surface area contributed by atoms with Gasteiger partial charge in [0.1, 0.15) is 5.56 Å². The highest BCUT2D eigenvalue weighted by Gasteiger charge is 2.23. The fourth-order valence-corrected chi connectivity index (χ4v) is 3.66. The number of morpholine rings is 1. The fraction of sp³-hybridized carbons (Fsp3) is 0.450. The van der Waals surface area contributed by atoms with Crippen molar-refractivity contribution in [1.29, 1.82) is 0 Å². The van der Waals surface area contributed by atoms with Crippen molar-refractivity contribution < 1.29 is 19.7 Å². The van der Waals surface area contributed by atoms with Crippen LogP contribution < -0.4 is 0 Å². The van der Waals surface area contributed by atoms with Crippen molar-refractivity contribution in [3.8, 4) is 11.6 Å². The first-order valence-electron chi connectivity index (χ1n) is 9.47. The Bertz CT molecular complexity index is 866. The van der Waals surface area contributed by atoms with Gasteiger partial charge in [0.05, 0.1) is 23.3 Å². The summed E-state index contributed by atoms with van der Waals surface area (Å²) in [5, 5.41) is 21.3. The lowest BCUT2D eigenvalue weighted by atomic mass is 10.2. The molecule has 1 aliphatic rings. The SMILES string of the molecule is CN(Cc1ccc(Cl)c(Cl)c1)C(=O)c1cn(CCCN2CCOCC2)c(O)c1O. The van der Waals surface area contributed by atoms with Crippen molar-refractivity contribution in [2.75, 3.05) is 39.9 Å². The normalized spacial score (nSPS) is 14.9. The molecule has 0 aliphatic carbocycles. The molecular formula is C20H25Cl2N3O4. The van der Waals surface area contributed by atoms with Gasteiger partial charge in [-0.05, 0) is 24.1 Å². The third-order valence-corrected chi connectivity index (χ3v) is 5.72. The third kappa shape index (κ3) is 5.36. The topological polar surface area (TPSA) is 78.2 Å². The van der Waals surface area contributed by atoms with Crippen molar-refractivity contribution in [2.45, 2.75) is 19.5 Å². The first-order valence-corrected chi connectivity index (χ1v) is 10.2. The summed E-state index contributed by atoms with van der Waals surface area (Å²) in [6.07, 6.45) is 2.28. The molecule has 2 aromatic rings. The molecule has 0 unspecified atom stereocenters. The zero-order valence-corrected chi connectivity index (χ0v) is 17.8. The minimum Gasteiger partial charge on any atom is -0.503 e. The van der Waals surface area contributed by atoms with Crippen LogP contribution in [0.5, 0.6) is 11.6 Å². The summed E-state index contributed by atoms with van der Waals surface area (Å²) in [5.41, 5.74) is 0.875. The number of hydrogen-bond acceptors (Lipinski definition) is 5. The highest BCUT2D eigenvalue weighted by atomic mass is 35.5. The number of carbonyl (C=O) groups is 1. The van der Waals surface area contributed by atoms with Crippen molar-refractivity contribution >= 4 is 29.1 Å². The van der Waals surface area contributed by atoms with Gasteiger partial charge >= 0.3 is 0 Å². The lowest BCUT2D eigenvalue weighted by molar-refractivity contribution is 0.0368. The standard InChI is InChI=1S/C20H25Cl2N3O4/c1-23(12-14-3-4-16(21)17(22)11-14)19(27)15-13-25(20(28)18(15)26)6-2-5-24-7-9-29-10-8-24/h3-4,11,13,26,28H,2,5-10,12H2,1H3. The second kappa shape index (κ2) is 9.71. The van der Waals surface area contributed by atoms with Crippen LogP contribution >= 0.6 is 23.2 Å². The van der Waals surface area contributed by atoms with Gasteiger partial charge in [-0.2, -0.15) is 0 Å². The molecule has 0 saturated carbocycles. The van der Waals surface area contributed by atoms with E-state index in [-0.39, 0.29) is 18.0 Å². The molecule has 29 heavy (non-hydrogen) atoms. The summed E-state index contributed by atoms with van der Waals surface area (Å²) >= 11 is 11.9. The molecule has 0 radical (unpaired) electrons. The predicted octanol–water partition coefficient (Wildman–Crippen LogP) is 3.20. The van der Waals surface area contributed by atoms with Crippen LogP contribution in [0.4, 0.5) is 0 Å². The highest BCUT2D eigenvalue weighted by Crippen LogP contribution is 2.32. The van der Waals surface area contributed by atoms with Crippen LogP contribution in [-0.2, 0) is 17.8 Å². The predicted molar refractivity (Wildman–Crippen MR) is 112 cm³/mol. The van der Waals surface area contributed by atoms with E-state index < -0.39 is 11.7 Å². The number of rotatable bonds is 7. The van der Waals surface area contributed by atoms with Gasteiger partial charge in [-0.1, -0.05) is 29.3 Å². The summed E-state index contributed by atoms with van der Waals surface area (Å²) in [4.78, 5) is 16.5. The zero-order chi connectivity index (χ0) is 21.0. The quantitative estimate of drug-likeness (QED) is 0.689. The number of aromatic nitrogens is 1. The van der Waals surface area contributed by atoms with E-state index in [1.807, 2.05) is 0 Å². The van der Waals surface area contributed by atoms with Crippen molar-refractivity contribution in [2.24, 2.45) is 0 Å². The molecule has 0 spiro atoms. The Hall–Kier alpha value is -1.93. The average molecular weight is 442 g/mol. The van der Waals surface area contributed by atoms with E-state index in [9.17, 15) is 15.0 Å². The summed E-state index contributed by atoms with van der Waals surface area (Å²) < 4.78 is 6.84. The number of amides is 1. The lowest BCUT2D eigenvalue weighted by Gasteiger charge is -2.26. The van der Waals surface area contributed by atoms with Crippen LogP contribution in [0.15, 0.2) is 24.4 Å². The summed E-state index contributed by atoms with van der Waals surface area (Å²) in [6.45, 7) is 4.91. The molecule has 158 valence electrons. The Morgan fingerprint density at radius 1 is 1.17 bits per heavy atom. The number of halogens is 2. The molecular weight excluding hydrogens is 417 g/mol. The van der Waals surface area contributed by atoms with Gasteiger partial charge in [0.25, 0.3) is 5.91 Å². The first-order chi connectivity index (χ1) is 13.9. The molecule has 1 saturated heterocycles. The molecule has 7 nitrogen and oxygen atoms in total. The fourth-order valence-electron chi connectivity index (χ4n) is 3.34. The second-order valence-electron chi connectivity index (χ2n) is 7.13. The molecule has 0 atom stereocenters. The summed E-state index contributed by atoms with van der Waals surface area (Å²) in [7, 11) is 1.62. The maximum atomic E-state index is 12.8. The molecule has 9 heteroatoms. The smallest absolute Gasteiger partial charge is 0.259 e. The van der Waals surface area contributed by atoms with Gasteiger partial charge in [-0.3, -0.25) is 9.69 Å². The Morgan fingerprint density at radius 3 is 2.59 bits per heavy atom. The monoisotopic (exact) mass is 441 g/mol. The second-order valence-corrected chi connectivity index (χ2v) is 7.94. The van der Waals surface area contributed by atoms with E-state index in [1.165, 1.54) is 15.7 Å². The molecule has 1 amide bonds. The first kappa shape index (κ1) is 21.8. The Labute approximate surface area is 180 Å². The molecule has 1 aliphatic heterocycles. The molecule has 0 bridgehead atoms. The van der Waals surface area contributed by atoms with Crippen LogP contribution in [0.3, 0.4) is 0 Å². The van der Waals surface area contributed by atoms with Crippen LogP contribution in [-0.4, -0.2) is 70.4 Å². The third-order valence-electron chi connectivity index (χ3n) is 4.98. The number of hydrogen-bond donors (Lipinski definition) is 2. The summed E-state index contributed by atoms with van der Waals surface area (Å²) in [5.74, 6) is -1.09. The molecule has 1 fully saturated rings. The van der Waals surface area contributed by atoms with Gasteiger partial charge in [0, 0.05) is 46.0 Å². The molecule has 1 aromatic heterocycles. The Kier molecular flexibility index (Phi) is 7.29. The van der Waals surface area contributed by atoms with Gasteiger partial charge in [-0.15, -0.1) is 0 Å². The largest absolute Gasteiger partial charge is 0.503 e. The van der Waals surface area contributed by atoms with Gasteiger partial charge in [-0.25, -0.2) is 0 Å². The van der Waals surface area contributed by atoms with Crippen LogP contribution in [0, 0.1) is 0 Å². The maximum absolute atomic E-state index is 12.8. The number of carbonyl (C=O) groups excluding carboxylic acids is 1. The van der Waals surface area contributed by atoms with E-state index in [4.69, 9.17) is 27.9 Å². The van der Waals surface area contributed by atoms with Crippen molar-refractivity contribution in [1.82, 2.24) is 14.4 Å². The number of aryl methyl sites for hydroxylation is 1. The van der Waals surface area contributed by atoms with Crippen molar-refractivity contribution in [3.63, 3.8) is 0 Å². The zero-order valence-electron chi connectivity index (χ0n) is 16.3. The summed E-state index contributed by atoms with van der Waals surface area (Å²) in [6, 6.07) is 5.15. The number of aromatic hydroxyl groups is 2. The van der Waals surface area contributed by atoms with Gasteiger partial charge in [0.15, 0.2) is 5.75 Å².